The molecule has 2 heterocycles. The van der Waals surface area contributed by atoms with E-state index in [1.54, 1.807) is 6.26 Å². The molecule has 1 fully saturated rings. The van der Waals surface area contributed by atoms with Crippen molar-refractivity contribution >= 4 is 17.7 Å². The first-order chi connectivity index (χ1) is 11.7. The normalized spacial score (nSPS) is 16.7. The van der Waals surface area contributed by atoms with Crippen LogP contribution >= 0.6 is 11.8 Å². The van der Waals surface area contributed by atoms with Gasteiger partial charge in [-0.2, -0.15) is 11.8 Å². The molecule has 1 aliphatic heterocycles. The van der Waals surface area contributed by atoms with Gasteiger partial charge in [-0.3, -0.25) is 9.69 Å². The Hall–Kier alpha value is -1.72. The second-order valence-corrected chi connectivity index (χ2v) is 7.37. The highest BCUT2D eigenvalue weighted by molar-refractivity contribution is 7.99. The van der Waals surface area contributed by atoms with Gasteiger partial charge in [0.05, 0.1) is 18.7 Å². The molecule has 0 radical (unpaired) electrons. The number of amides is 1. The molecule has 1 N–H and O–H groups in total. The van der Waals surface area contributed by atoms with Crippen molar-refractivity contribution in [1.29, 1.82) is 0 Å². The van der Waals surface area contributed by atoms with E-state index in [0.29, 0.717) is 13.0 Å². The summed E-state index contributed by atoms with van der Waals surface area (Å²) in [4.78, 5) is 14.7. The van der Waals surface area contributed by atoms with Crippen molar-refractivity contribution in [3.63, 3.8) is 0 Å². The fraction of sp³-hybridized carbons (Fsp3) is 0.421. The number of benzene rings is 1. The summed E-state index contributed by atoms with van der Waals surface area (Å²) in [5, 5.41) is 3.09. The second-order valence-electron chi connectivity index (χ2n) is 6.15. The van der Waals surface area contributed by atoms with Crippen LogP contribution in [0.1, 0.15) is 22.9 Å². The lowest BCUT2D eigenvalue weighted by molar-refractivity contribution is -0.120. The summed E-state index contributed by atoms with van der Waals surface area (Å²) < 4.78 is 5.62. The Morgan fingerprint density at radius 2 is 2.12 bits per heavy atom. The van der Waals surface area contributed by atoms with E-state index in [1.165, 1.54) is 5.56 Å². The SMILES string of the molecule is Cc1cccc(CC(=O)NCC(c2ccco2)N2CCSCC2)c1. The van der Waals surface area contributed by atoms with Crippen LogP contribution in [0.25, 0.3) is 0 Å². The Labute approximate surface area is 147 Å². The van der Waals surface area contributed by atoms with Gasteiger partial charge in [-0.05, 0) is 24.6 Å². The second kappa shape index (κ2) is 8.40. The summed E-state index contributed by atoms with van der Waals surface area (Å²) >= 11 is 1.98. The molecule has 0 bridgehead atoms. The van der Waals surface area contributed by atoms with Gasteiger partial charge in [0.15, 0.2) is 0 Å². The zero-order valence-electron chi connectivity index (χ0n) is 14.0. The molecule has 1 atom stereocenters. The van der Waals surface area contributed by atoms with Crippen LogP contribution < -0.4 is 5.32 Å². The third-order valence-corrected chi connectivity index (χ3v) is 5.24. The predicted octanol–water partition coefficient (Wildman–Crippen LogP) is 3.04. The molecule has 128 valence electrons. The Kier molecular flexibility index (Phi) is 5.99. The summed E-state index contributed by atoms with van der Waals surface area (Å²) in [7, 11) is 0. The first kappa shape index (κ1) is 17.1. The van der Waals surface area contributed by atoms with Crippen LogP contribution in [0.4, 0.5) is 0 Å². The van der Waals surface area contributed by atoms with Crippen LogP contribution in [0.5, 0.6) is 0 Å². The summed E-state index contributed by atoms with van der Waals surface area (Å²) in [6, 6.07) is 12.1. The number of furan rings is 1. The number of hydrogen-bond donors (Lipinski definition) is 1. The fourth-order valence-electron chi connectivity index (χ4n) is 3.06. The summed E-state index contributed by atoms with van der Waals surface area (Å²) in [5.74, 6) is 3.25. The predicted molar refractivity (Wildman–Crippen MR) is 98.2 cm³/mol. The van der Waals surface area contributed by atoms with Gasteiger partial charge >= 0.3 is 0 Å². The molecule has 0 spiro atoms. The minimum Gasteiger partial charge on any atom is -0.468 e. The largest absolute Gasteiger partial charge is 0.468 e. The molecular formula is C19H24N2O2S. The molecule has 1 saturated heterocycles. The maximum atomic E-state index is 12.3. The number of hydrogen-bond acceptors (Lipinski definition) is 4. The molecule has 1 aromatic heterocycles. The lowest BCUT2D eigenvalue weighted by Crippen LogP contribution is -2.42. The molecule has 1 aromatic carbocycles. The van der Waals surface area contributed by atoms with Gasteiger partial charge in [0.1, 0.15) is 5.76 Å². The molecule has 3 rings (SSSR count). The zero-order valence-corrected chi connectivity index (χ0v) is 14.8. The quantitative estimate of drug-likeness (QED) is 0.875. The molecule has 24 heavy (non-hydrogen) atoms. The van der Waals surface area contributed by atoms with Gasteiger partial charge in [0.2, 0.25) is 5.91 Å². The van der Waals surface area contributed by atoms with E-state index >= 15 is 0 Å². The summed E-state index contributed by atoms with van der Waals surface area (Å²) in [6.07, 6.45) is 2.12. The topological polar surface area (TPSA) is 45.5 Å². The molecule has 4 nitrogen and oxygen atoms in total. The molecule has 0 aliphatic carbocycles. The van der Waals surface area contributed by atoms with Crippen molar-refractivity contribution in [2.75, 3.05) is 31.1 Å². The smallest absolute Gasteiger partial charge is 0.224 e. The Bertz CT molecular complexity index is 651. The highest BCUT2D eigenvalue weighted by Gasteiger charge is 2.25. The van der Waals surface area contributed by atoms with E-state index < -0.39 is 0 Å². The number of rotatable bonds is 6. The number of carbonyl (C=O) groups excluding carboxylic acids is 1. The number of aryl methyl sites for hydroxylation is 1. The maximum absolute atomic E-state index is 12.3. The van der Waals surface area contributed by atoms with Crippen LogP contribution in [0.15, 0.2) is 47.1 Å². The van der Waals surface area contributed by atoms with E-state index in [-0.39, 0.29) is 11.9 Å². The average Bonchev–Trinajstić information content (AvgIpc) is 3.10. The molecule has 5 heteroatoms. The molecule has 0 saturated carbocycles. The number of nitrogens with one attached hydrogen (secondary N) is 1. The van der Waals surface area contributed by atoms with Crippen LogP contribution in [0.3, 0.4) is 0 Å². The van der Waals surface area contributed by atoms with Gasteiger partial charge in [-0.1, -0.05) is 29.8 Å². The van der Waals surface area contributed by atoms with Crippen molar-refractivity contribution in [1.82, 2.24) is 10.2 Å². The minimum atomic E-state index is 0.0588. The van der Waals surface area contributed by atoms with Crippen LogP contribution in [-0.4, -0.2) is 41.9 Å². The van der Waals surface area contributed by atoms with Gasteiger partial charge in [0.25, 0.3) is 0 Å². The molecule has 1 unspecified atom stereocenters. The minimum absolute atomic E-state index is 0.0588. The van der Waals surface area contributed by atoms with E-state index in [9.17, 15) is 4.79 Å². The standard InChI is InChI=1S/C19H24N2O2S/c1-15-4-2-5-16(12-15)13-19(22)20-14-17(18-6-3-9-23-18)21-7-10-24-11-8-21/h2-6,9,12,17H,7-8,10-11,13-14H2,1H3,(H,20,22). The third kappa shape index (κ3) is 4.65. The highest BCUT2D eigenvalue weighted by atomic mass is 32.2. The molecule has 1 aliphatic rings. The van der Waals surface area contributed by atoms with Gasteiger partial charge in [0, 0.05) is 31.1 Å². The molecule has 2 aromatic rings. The lowest BCUT2D eigenvalue weighted by Gasteiger charge is -2.33. The summed E-state index contributed by atoms with van der Waals surface area (Å²) in [6.45, 7) is 4.69. The first-order valence-corrected chi connectivity index (χ1v) is 9.55. The Morgan fingerprint density at radius 3 is 2.83 bits per heavy atom. The Morgan fingerprint density at radius 1 is 1.29 bits per heavy atom. The van der Waals surface area contributed by atoms with Crippen LogP contribution in [-0.2, 0) is 11.2 Å². The van der Waals surface area contributed by atoms with E-state index in [1.807, 2.05) is 49.0 Å². The van der Waals surface area contributed by atoms with Gasteiger partial charge in [-0.15, -0.1) is 0 Å². The number of thioether (sulfide) groups is 1. The number of carbonyl (C=O) groups is 1. The first-order valence-electron chi connectivity index (χ1n) is 8.40. The monoisotopic (exact) mass is 344 g/mol. The van der Waals surface area contributed by atoms with Crippen molar-refractivity contribution in [3.05, 3.63) is 59.5 Å². The zero-order chi connectivity index (χ0) is 16.8. The average molecular weight is 344 g/mol. The third-order valence-electron chi connectivity index (χ3n) is 4.30. The maximum Gasteiger partial charge on any atom is 0.224 e. The van der Waals surface area contributed by atoms with Gasteiger partial charge in [-0.25, -0.2) is 0 Å². The fourth-order valence-corrected chi connectivity index (χ4v) is 3.99. The van der Waals surface area contributed by atoms with E-state index in [4.69, 9.17) is 4.42 Å². The van der Waals surface area contributed by atoms with Crippen LogP contribution in [0.2, 0.25) is 0 Å². The molecular weight excluding hydrogens is 320 g/mol. The van der Waals surface area contributed by atoms with Crippen molar-refractivity contribution in [2.24, 2.45) is 0 Å². The number of nitrogens with zero attached hydrogens (tertiary/aromatic N) is 1. The van der Waals surface area contributed by atoms with E-state index in [0.717, 1.165) is 35.9 Å². The van der Waals surface area contributed by atoms with Crippen LogP contribution in [0, 0.1) is 6.92 Å². The highest BCUT2D eigenvalue weighted by Crippen LogP contribution is 2.24. The van der Waals surface area contributed by atoms with Crippen molar-refractivity contribution in [2.45, 2.75) is 19.4 Å². The van der Waals surface area contributed by atoms with Crippen molar-refractivity contribution in [3.8, 4) is 0 Å². The lowest BCUT2D eigenvalue weighted by atomic mass is 10.1. The van der Waals surface area contributed by atoms with Crippen molar-refractivity contribution < 1.29 is 9.21 Å². The molecule has 1 amide bonds. The van der Waals surface area contributed by atoms with E-state index in [2.05, 4.69) is 16.3 Å². The Balaban J connectivity index is 1.59. The summed E-state index contributed by atoms with van der Waals surface area (Å²) in [5.41, 5.74) is 2.23. The van der Waals surface area contributed by atoms with Gasteiger partial charge < -0.3 is 9.73 Å².